The first-order chi connectivity index (χ1) is 9.80. The number of benzene rings is 2. The molecule has 0 saturated heterocycles. The Morgan fingerprint density at radius 1 is 1.20 bits per heavy atom. The molecule has 20 heavy (non-hydrogen) atoms. The van der Waals surface area contributed by atoms with Crippen molar-refractivity contribution < 1.29 is 9.53 Å². The van der Waals surface area contributed by atoms with Crippen LogP contribution >= 0.6 is 11.3 Å². The van der Waals surface area contributed by atoms with Crippen molar-refractivity contribution in [2.45, 2.75) is 6.42 Å². The highest BCUT2D eigenvalue weighted by atomic mass is 32.1. The van der Waals surface area contributed by atoms with Crippen molar-refractivity contribution in [3.63, 3.8) is 0 Å². The Morgan fingerprint density at radius 3 is 2.70 bits per heavy atom. The molecule has 0 radical (unpaired) electrons. The second-order valence-corrected chi connectivity index (χ2v) is 5.45. The smallest absolute Gasteiger partial charge is 0.124 e. The highest BCUT2D eigenvalue weighted by Gasteiger charge is 2.07. The van der Waals surface area contributed by atoms with Gasteiger partial charge in [0.05, 0.1) is 17.3 Å². The number of rotatable bonds is 4. The van der Waals surface area contributed by atoms with E-state index in [2.05, 4.69) is 4.98 Å². The normalized spacial score (nSPS) is 10.7. The van der Waals surface area contributed by atoms with Gasteiger partial charge in [0, 0.05) is 12.0 Å². The maximum absolute atomic E-state index is 10.5. The topological polar surface area (TPSA) is 39.2 Å². The number of aldehydes is 1. The number of fused-ring (bicyclic) bond motifs is 1. The maximum atomic E-state index is 10.5. The molecule has 0 aliphatic heterocycles. The van der Waals surface area contributed by atoms with E-state index in [1.807, 2.05) is 42.5 Å². The lowest BCUT2D eigenvalue weighted by Gasteiger charge is -1.97. The minimum atomic E-state index is 0.456. The lowest BCUT2D eigenvalue weighted by Crippen LogP contribution is -1.85. The van der Waals surface area contributed by atoms with Gasteiger partial charge in [0.2, 0.25) is 0 Å². The van der Waals surface area contributed by atoms with E-state index in [1.165, 1.54) is 0 Å². The summed E-state index contributed by atoms with van der Waals surface area (Å²) in [5.41, 5.74) is 3.06. The van der Waals surface area contributed by atoms with Crippen LogP contribution in [-0.4, -0.2) is 18.4 Å². The highest BCUT2D eigenvalue weighted by molar-refractivity contribution is 7.21. The molecule has 3 rings (SSSR count). The minimum Gasteiger partial charge on any atom is -0.497 e. The van der Waals surface area contributed by atoms with Crippen LogP contribution < -0.4 is 4.74 Å². The number of ether oxygens (including phenoxy) is 1. The second kappa shape index (κ2) is 5.43. The van der Waals surface area contributed by atoms with Gasteiger partial charge in [-0.1, -0.05) is 24.3 Å². The van der Waals surface area contributed by atoms with E-state index in [0.717, 1.165) is 38.4 Å². The van der Waals surface area contributed by atoms with Crippen molar-refractivity contribution in [2.24, 2.45) is 0 Å². The molecule has 0 N–H and O–H groups in total. The molecular formula is C16H13NO2S. The van der Waals surface area contributed by atoms with Crippen LogP contribution in [0.2, 0.25) is 0 Å². The van der Waals surface area contributed by atoms with Crippen LogP contribution in [0.5, 0.6) is 5.75 Å². The molecule has 0 aliphatic rings. The molecule has 1 aromatic heterocycles. The average Bonchev–Trinajstić information content (AvgIpc) is 2.91. The molecule has 0 fully saturated rings. The third-order valence-corrected chi connectivity index (χ3v) is 4.18. The summed E-state index contributed by atoms with van der Waals surface area (Å²) in [6.07, 6.45) is 1.37. The second-order valence-electron chi connectivity index (χ2n) is 4.42. The van der Waals surface area contributed by atoms with E-state index in [4.69, 9.17) is 4.74 Å². The predicted octanol–water partition coefficient (Wildman–Crippen LogP) is 3.71. The molecule has 100 valence electrons. The Balaban J connectivity index is 1.98. The summed E-state index contributed by atoms with van der Waals surface area (Å²) >= 11 is 1.64. The van der Waals surface area contributed by atoms with Crippen LogP contribution in [0.3, 0.4) is 0 Å². The van der Waals surface area contributed by atoms with Crippen LogP contribution in [0.1, 0.15) is 5.56 Å². The molecule has 0 bridgehead atoms. The molecule has 0 amide bonds. The fourth-order valence-electron chi connectivity index (χ4n) is 2.04. The highest BCUT2D eigenvalue weighted by Crippen LogP contribution is 2.32. The average molecular weight is 283 g/mol. The number of methoxy groups -OCH3 is 1. The van der Waals surface area contributed by atoms with E-state index < -0.39 is 0 Å². The van der Waals surface area contributed by atoms with Gasteiger partial charge in [0.25, 0.3) is 0 Å². The molecule has 3 nitrogen and oxygen atoms in total. The molecule has 0 unspecified atom stereocenters. The van der Waals surface area contributed by atoms with Gasteiger partial charge >= 0.3 is 0 Å². The first kappa shape index (κ1) is 12.8. The molecule has 2 aromatic carbocycles. The lowest BCUT2D eigenvalue weighted by molar-refractivity contribution is -0.107. The molecule has 4 heteroatoms. The van der Waals surface area contributed by atoms with Crippen LogP contribution in [0.15, 0.2) is 42.5 Å². The van der Waals surface area contributed by atoms with Crippen molar-refractivity contribution in [1.82, 2.24) is 4.98 Å². The van der Waals surface area contributed by atoms with Crippen molar-refractivity contribution >= 4 is 27.8 Å². The summed E-state index contributed by atoms with van der Waals surface area (Å²) in [6.45, 7) is 0. The number of thiazole rings is 1. The maximum Gasteiger partial charge on any atom is 0.124 e. The lowest BCUT2D eigenvalue weighted by atomic mass is 10.1. The standard InChI is InChI=1S/C16H13NO2S/c1-19-13-6-7-14-15(10-13)20-16(17-14)12-4-2-11(3-5-12)8-9-18/h2-7,9-10H,8H2,1H3. The fraction of sp³-hybridized carbons (Fsp3) is 0.125. The number of hydrogen-bond acceptors (Lipinski definition) is 4. The summed E-state index contributed by atoms with van der Waals surface area (Å²) in [7, 11) is 1.66. The molecule has 0 saturated carbocycles. The first-order valence-electron chi connectivity index (χ1n) is 6.27. The third kappa shape index (κ3) is 2.42. The number of nitrogens with zero attached hydrogens (tertiary/aromatic N) is 1. The number of hydrogen-bond donors (Lipinski definition) is 0. The van der Waals surface area contributed by atoms with Crippen LogP contribution in [0.25, 0.3) is 20.8 Å². The van der Waals surface area contributed by atoms with E-state index in [-0.39, 0.29) is 0 Å². The Kier molecular flexibility index (Phi) is 3.48. The third-order valence-electron chi connectivity index (χ3n) is 3.12. The molecule has 3 aromatic rings. The van der Waals surface area contributed by atoms with Crippen molar-refractivity contribution in [3.05, 3.63) is 48.0 Å². The molecule has 1 heterocycles. The summed E-state index contributed by atoms with van der Waals surface area (Å²) in [4.78, 5) is 15.1. The van der Waals surface area contributed by atoms with E-state index in [1.54, 1.807) is 18.4 Å². The Morgan fingerprint density at radius 2 is 2.00 bits per heavy atom. The Labute approximate surface area is 120 Å². The summed E-state index contributed by atoms with van der Waals surface area (Å²) in [5.74, 6) is 0.842. The Bertz CT molecular complexity index is 747. The summed E-state index contributed by atoms with van der Waals surface area (Å²) in [5, 5.41) is 0.978. The number of carbonyl (C=O) groups is 1. The quantitative estimate of drug-likeness (QED) is 0.685. The molecule has 0 spiro atoms. The van der Waals surface area contributed by atoms with Gasteiger partial charge < -0.3 is 9.53 Å². The zero-order valence-corrected chi connectivity index (χ0v) is 11.8. The molecule has 0 aliphatic carbocycles. The van der Waals surface area contributed by atoms with Crippen LogP contribution in [0, 0.1) is 0 Å². The van der Waals surface area contributed by atoms with Crippen molar-refractivity contribution in [1.29, 1.82) is 0 Å². The Hall–Kier alpha value is -2.20. The largest absolute Gasteiger partial charge is 0.497 e. The van der Waals surface area contributed by atoms with E-state index in [9.17, 15) is 4.79 Å². The zero-order valence-electron chi connectivity index (χ0n) is 11.0. The summed E-state index contributed by atoms with van der Waals surface area (Å²) < 4.78 is 6.33. The molecular weight excluding hydrogens is 270 g/mol. The fourth-order valence-corrected chi connectivity index (χ4v) is 3.03. The van der Waals surface area contributed by atoms with Gasteiger partial charge in [-0.15, -0.1) is 11.3 Å². The number of carbonyl (C=O) groups excluding carboxylic acids is 1. The van der Waals surface area contributed by atoms with Crippen LogP contribution in [0.4, 0.5) is 0 Å². The summed E-state index contributed by atoms with van der Waals surface area (Å²) in [6, 6.07) is 13.8. The first-order valence-corrected chi connectivity index (χ1v) is 7.09. The van der Waals surface area contributed by atoms with Crippen molar-refractivity contribution in [3.8, 4) is 16.3 Å². The van der Waals surface area contributed by atoms with Crippen LogP contribution in [-0.2, 0) is 11.2 Å². The van der Waals surface area contributed by atoms with Gasteiger partial charge in [-0.05, 0) is 23.8 Å². The minimum absolute atomic E-state index is 0.456. The van der Waals surface area contributed by atoms with E-state index in [0.29, 0.717) is 6.42 Å². The number of aromatic nitrogens is 1. The monoisotopic (exact) mass is 283 g/mol. The SMILES string of the molecule is COc1ccc2nc(-c3ccc(CC=O)cc3)sc2c1. The zero-order chi connectivity index (χ0) is 13.9. The van der Waals surface area contributed by atoms with Crippen molar-refractivity contribution in [2.75, 3.05) is 7.11 Å². The predicted molar refractivity (Wildman–Crippen MR) is 81.4 cm³/mol. The van der Waals surface area contributed by atoms with Gasteiger partial charge in [-0.3, -0.25) is 0 Å². The van der Waals surface area contributed by atoms with Gasteiger partial charge in [-0.2, -0.15) is 0 Å². The van der Waals surface area contributed by atoms with Gasteiger partial charge in [0.1, 0.15) is 17.0 Å². The van der Waals surface area contributed by atoms with Gasteiger partial charge in [-0.25, -0.2) is 4.98 Å². The van der Waals surface area contributed by atoms with E-state index >= 15 is 0 Å². The molecule has 0 atom stereocenters. The van der Waals surface area contributed by atoms with Gasteiger partial charge in [0.15, 0.2) is 0 Å².